The molecule has 27 heavy (non-hydrogen) atoms. The summed E-state index contributed by atoms with van der Waals surface area (Å²) in [6, 6.07) is 0. The molecule has 0 N–H and O–H groups in total. The van der Waals surface area contributed by atoms with Gasteiger partial charge in [0.25, 0.3) is 0 Å². The Morgan fingerprint density at radius 2 is 1.63 bits per heavy atom. The van der Waals surface area contributed by atoms with E-state index in [0.717, 1.165) is 6.42 Å². The second kappa shape index (κ2) is 10.6. The van der Waals surface area contributed by atoms with Crippen LogP contribution in [-0.4, -0.2) is 32.4 Å². The molecule has 4 nitrogen and oxygen atoms in total. The van der Waals surface area contributed by atoms with E-state index in [-0.39, 0.29) is 29.3 Å². The van der Waals surface area contributed by atoms with Crippen molar-refractivity contribution in [3.63, 3.8) is 0 Å². The van der Waals surface area contributed by atoms with Gasteiger partial charge in [-0.15, -0.1) is 0 Å². The van der Waals surface area contributed by atoms with Crippen molar-refractivity contribution in [2.24, 2.45) is 10.8 Å². The number of hydrogen-bond acceptors (Lipinski definition) is 4. The van der Waals surface area contributed by atoms with Gasteiger partial charge in [-0.25, -0.2) is 0 Å². The second-order valence-corrected chi connectivity index (χ2v) is 8.72. The first-order valence-corrected chi connectivity index (χ1v) is 9.49. The fourth-order valence-electron chi connectivity index (χ4n) is 3.24. The molecule has 0 saturated heterocycles. The summed E-state index contributed by atoms with van der Waals surface area (Å²) in [5.41, 5.74) is 1.88. The smallest absolute Gasteiger partial charge is 0.223 e. The van der Waals surface area contributed by atoms with E-state index in [1.165, 1.54) is 19.8 Å². The van der Waals surface area contributed by atoms with Crippen LogP contribution in [0, 0.1) is 10.8 Å². The molecule has 0 amide bonds. The van der Waals surface area contributed by atoms with Crippen molar-refractivity contribution in [3.05, 3.63) is 35.1 Å². The van der Waals surface area contributed by atoms with Crippen molar-refractivity contribution >= 4 is 11.6 Å². The maximum atomic E-state index is 13.0. The van der Waals surface area contributed by atoms with Crippen LogP contribution < -0.4 is 0 Å². The van der Waals surface area contributed by atoms with E-state index in [9.17, 15) is 9.59 Å². The summed E-state index contributed by atoms with van der Waals surface area (Å²) in [7, 11) is 2.89. The van der Waals surface area contributed by atoms with Gasteiger partial charge in [0.05, 0.1) is 7.11 Å². The lowest BCUT2D eigenvalue weighted by Gasteiger charge is -2.32. The third kappa shape index (κ3) is 7.84. The first-order chi connectivity index (χ1) is 12.3. The van der Waals surface area contributed by atoms with Crippen LogP contribution in [0.15, 0.2) is 35.1 Å². The van der Waals surface area contributed by atoms with Crippen LogP contribution in [0.5, 0.6) is 0 Å². The summed E-state index contributed by atoms with van der Waals surface area (Å²) in [6.07, 6.45) is 4.54. The Labute approximate surface area is 165 Å². The molecule has 0 aliphatic heterocycles. The number of ether oxygens (including phenoxy) is 2. The van der Waals surface area contributed by atoms with Gasteiger partial charge in [0.1, 0.15) is 6.61 Å². The van der Waals surface area contributed by atoms with Crippen LogP contribution >= 0.6 is 0 Å². The lowest BCUT2D eigenvalue weighted by Crippen LogP contribution is -2.29. The molecule has 0 radical (unpaired) electrons. The van der Waals surface area contributed by atoms with E-state index in [2.05, 4.69) is 40.3 Å². The van der Waals surface area contributed by atoms with Crippen molar-refractivity contribution in [2.45, 2.75) is 67.7 Å². The minimum atomic E-state index is -0.495. The normalized spacial score (nSPS) is 15.7. The standard InChI is InChI=1S/C23H38O4/c1-11-23(8,13-12-16(2)14-22(5,6)7)20(21(25)18(4)27-10)17(3)19(24)15-26-9/h12H,4,11,13-15H2,1-3,5-10H3. The molecule has 0 heterocycles. The minimum Gasteiger partial charge on any atom is -0.493 e. The van der Waals surface area contributed by atoms with E-state index in [1.807, 2.05) is 13.8 Å². The summed E-state index contributed by atoms with van der Waals surface area (Å²) in [4.78, 5) is 25.5. The molecule has 0 rings (SSSR count). The van der Waals surface area contributed by atoms with Gasteiger partial charge in [0, 0.05) is 23.7 Å². The number of hydrogen-bond donors (Lipinski definition) is 0. The predicted octanol–water partition coefficient (Wildman–Crippen LogP) is 5.44. The van der Waals surface area contributed by atoms with E-state index >= 15 is 0 Å². The van der Waals surface area contributed by atoms with Crippen molar-refractivity contribution in [1.82, 2.24) is 0 Å². The number of carbonyl (C=O) groups is 2. The Hall–Kier alpha value is -1.68. The highest BCUT2D eigenvalue weighted by Gasteiger charge is 2.35. The van der Waals surface area contributed by atoms with E-state index in [0.29, 0.717) is 24.0 Å². The third-order valence-corrected chi connectivity index (χ3v) is 4.89. The minimum absolute atomic E-state index is 0.0460. The Balaban J connectivity index is 6.13. The van der Waals surface area contributed by atoms with Crippen LogP contribution in [0.3, 0.4) is 0 Å². The molecule has 4 heteroatoms. The largest absolute Gasteiger partial charge is 0.493 e. The van der Waals surface area contributed by atoms with Gasteiger partial charge < -0.3 is 9.47 Å². The average molecular weight is 379 g/mol. The van der Waals surface area contributed by atoms with Crippen molar-refractivity contribution in [3.8, 4) is 0 Å². The zero-order chi connectivity index (χ0) is 21.4. The number of carbonyl (C=O) groups excluding carboxylic acids is 2. The summed E-state index contributed by atoms with van der Waals surface area (Å²) in [6.45, 7) is 18.1. The van der Waals surface area contributed by atoms with Crippen LogP contribution in [-0.2, 0) is 19.1 Å². The molecule has 0 aromatic heterocycles. The van der Waals surface area contributed by atoms with Crippen LogP contribution in [0.1, 0.15) is 67.7 Å². The van der Waals surface area contributed by atoms with Gasteiger partial charge in [-0.2, -0.15) is 0 Å². The summed E-state index contributed by atoms with van der Waals surface area (Å²) >= 11 is 0. The third-order valence-electron chi connectivity index (χ3n) is 4.89. The lowest BCUT2D eigenvalue weighted by molar-refractivity contribution is -0.120. The molecule has 154 valence electrons. The molecular weight excluding hydrogens is 340 g/mol. The van der Waals surface area contributed by atoms with Gasteiger partial charge in [-0.3, -0.25) is 9.59 Å². The molecule has 0 spiro atoms. The average Bonchev–Trinajstić information content (AvgIpc) is 2.57. The topological polar surface area (TPSA) is 52.6 Å². The lowest BCUT2D eigenvalue weighted by atomic mass is 9.71. The predicted molar refractivity (Wildman–Crippen MR) is 112 cm³/mol. The van der Waals surface area contributed by atoms with Gasteiger partial charge in [-0.05, 0) is 38.5 Å². The fraction of sp³-hybridized carbons (Fsp3) is 0.652. The number of methoxy groups -OCH3 is 2. The summed E-state index contributed by atoms with van der Waals surface area (Å²) in [5, 5.41) is 0. The Morgan fingerprint density at radius 3 is 2.04 bits per heavy atom. The van der Waals surface area contributed by atoms with Gasteiger partial charge in [-0.1, -0.05) is 52.8 Å². The molecule has 0 fully saturated rings. The first-order valence-electron chi connectivity index (χ1n) is 9.49. The number of Topliss-reactive ketones (excluding diaryl/α,β-unsaturated/α-hetero) is 2. The van der Waals surface area contributed by atoms with Crippen molar-refractivity contribution in [2.75, 3.05) is 20.8 Å². The highest BCUT2D eigenvalue weighted by Crippen LogP contribution is 2.40. The number of rotatable bonds is 11. The fourth-order valence-corrected chi connectivity index (χ4v) is 3.24. The second-order valence-electron chi connectivity index (χ2n) is 8.72. The maximum Gasteiger partial charge on any atom is 0.223 e. The van der Waals surface area contributed by atoms with Crippen molar-refractivity contribution < 1.29 is 19.1 Å². The molecule has 0 aliphatic rings. The zero-order valence-electron chi connectivity index (χ0n) is 18.7. The first kappa shape index (κ1) is 25.3. The molecule has 1 unspecified atom stereocenters. The quantitative estimate of drug-likeness (QED) is 0.273. The van der Waals surface area contributed by atoms with Crippen LogP contribution in [0.2, 0.25) is 0 Å². The molecule has 0 aromatic rings. The number of allylic oxidation sites excluding steroid dienone is 3. The van der Waals surface area contributed by atoms with Crippen LogP contribution in [0.25, 0.3) is 0 Å². The molecular formula is C23H38O4. The number of ketones is 2. The molecule has 1 atom stereocenters. The van der Waals surface area contributed by atoms with Crippen LogP contribution in [0.4, 0.5) is 0 Å². The van der Waals surface area contributed by atoms with Gasteiger partial charge in [0.15, 0.2) is 11.5 Å². The van der Waals surface area contributed by atoms with E-state index in [1.54, 1.807) is 6.92 Å². The van der Waals surface area contributed by atoms with E-state index in [4.69, 9.17) is 9.47 Å². The highest BCUT2D eigenvalue weighted by molar-refractivity contribution is 6.13. The van der Waals surface area contributed by atoms with Gasteiger partial charge in [0.2, 0.25) is 5.78 Å². The molecule has 0 saturated carbocycles. The maximum absolute atomic E-state index is 13.0. The van der Waals surface area contributed by atoms with Crippen molar-refractivity contribution in [1.29, 1.82) is 0 Å². The van der Waals surface area contributed by atoms with Gasteiger partial charge >= 0.3 is 0 Å². The Kier molecular flexibility index (Phi) is 9.94. The Morgan fingerprint density at radius 1 is 1.07 bits per heavy atom. The molecule has 0 aliphatic carbocycles. The Bertz CT molecular complexity index is 617. The summed E-state index contributed by atoms with van der Waals surface area (Å²) < 4.78 is 10.1. The molecule has 0 aromatic carbocycles. The van der Waals surface area contributed by atoms with E-state index < -0.39 is 5.41 Å². The zero-order valence-corrected chi connectivity index (χ0v) is 18.7. The SMILES string of the molecule is C=C(OC)C(=O)C(=C(C)C(=O)COC)C(C)(CC)CC=C(C)CC(C)(C)C. The monoisotopic (exact) mass is 378 g/mol. The highest BCUT2D eigenvalue weighted by atomic mass is 16.5. The summed E-state index contributed by atoms with van der Waals surface area (Å²) in [5.74, 6) is -0.463. The molecule has 0 bridgehead atoms.